The summed E-state index contributed by atoms with van der Waals surface area (Å²) >= 11 is 5.93. The zero-order valence-corrected chi connectivity index (χ0v) is 10.7. The highest BCUT2D eigenvalue weighted by Gasteiger charge is 2.09. The molecule has 0 fully saturated rings. The molecule has 0 aromatic carbocycles. The number of hydrogen-bond donors (Lipinski definition) is 1. The lowest BCUT2D eigenvalue weighted by Gasteiger charge is -2.09. The third kappa shape index (κ3) is 3.07. The SMILES string of the molecule is Cc1ccnc(Cl)c1NC(=O)CCn1cccn1. The summed E-state index contributed by atoms with van der Waals surface area (Å²) in [5.74, 6) is -0.108. The molecule has 0 atom stereocenters. The molecule has 0 saturated heterocycles. The number of aromatic nitrogens is 3. The monoisotopic (exact) mass is 264 g/mol. The minimum absolute atomic E-state index is 0.108. The van der Waals surface area contributed by atoms with Gasteiger partial charge < -0.3 is 5.32 Å². The van der Waals surface area contributed by atoms with Crippen molar-refractivity contribution in [3.8, 4) is 0 Å². The van der Waals surface area contributed by atoms with Crippen LogP contribution in [-0.4, -0.2) is 20.7 Å². The minimum Gasteiger partial charge on any atom is -0.323 e. The van der Waals surface area contributed by atoms with E-state index in [1.54, 1.807) is 23.1 Å². The average molecular weight is 265 g/mol. The van der Waals surface area contributed by atoms with Gasteiger partial charge in [0.05, 0.1) is 5.69 Å². The van der Waals surface area contributed by atoms with Crippen LogP contribution in [0.25, 0.3) is 0 Å². The molecule has 2 aromatic rings. The quantitative estimate of drug-likeness (QED) is 0.862. The van der Waals surface area contributed by atoms with Crippen molar-refractivity contribution >= 4 is 23.2 Å². The number of amides is 1. The van der Waals surface area contributed by atoms with Crippen LogP contribution in [0.15, 0.2) is 30.7 Å². The smallest absolute Gasteiger partial charge is 0.226 e. The maximum atomic E-state index is 11.8. The van der Waals surface area contributed by atoms with Gasteiger partial charge in [-0.05, 0) is 24.6 Å². The van der Waals surface area contributed by atoms with Crippen molar-refractivity contribution in [3.63, 3.8) is 0 Å². The number of rotatable bonds is 4. The third-order valence-corrected chi connectivity index (χ3v) is 2.79. The summed E-state index contributed by atoms with van der Waals surface area (Å²) in [6, 6.07) is 3.62. The van der Waals surface area contributed by atoms with Crippen LogP contribution < -0.4 is 5.32 Å². The molecule has 0 saturated carbocycles. The lowest BCUT2D eigenvalue weighted by molar-refractivity contribution is -0.116. The van der Waals surface area contributed by atoms with Crippen molar-refractivity contribution in [1.82, 2.24) is 14.8 Å². The molecule has 0 unspecified atom stereocenters. The Labute approximate surface area is 110 Å². The Morgan fingerprint density at radius 1 is 1.50 bits per heavy atom. The fourth-order valence-corrected chi connectivity index (χ4v) is 1.78. The number of carbonyl (C=O) groups excluding carboxylic acids is 1. The number of nitrogens with one attached hydrogen (secondary N) is 1. The second-order valence-corrected chi connectivity index (χ2v) is 4.22. The van der Waals surface area contributed by atoms with Crippen LogP contribution >= 0.6 is 11.6 Å². The largest absolute Gasteiger partial charge is 0.323 e. The number of hydrogen-bond acceptors (Lipinski definition) is 3. The van der Waals surface area contributed by atoms with Crippen molar-refractivity contribution in [2.24, 2.45) is 0 Å². The van der Waals surface area contributed by atoms with E-state index in [1.165, 1.54) is 0 Å². The van der Waals surface area contributed by atoms with Crippen LogP contribution in [0.1, 0.15) is 12.0 Å². The first-order valence-corrected chi connectivity index (χ1v) is 5.93. The van der Waals surface area contributed by atoms with Crippen molar-refractivity contribution < 1.29 is 4.79 Å². The Morgan fingerprint density at radius 2 is 2.33 bits per heavy atom. The molecule has 1 N–H and O–H groups in total. The molecule has 2 aromatic heterocycles. The van der Waals surface area contributed by atoms with E-state index in [0.29, 0.717) is 23.8 Å². The highest BCUT2D eigenvalue weighted by molar-refractivity contribution is 6.32. The predicted molar refractivity (Wildman–Crippen MR) is 69.5 cm³/mol. The number of halogens is 1. The molecule has 0 bridgehead atoms. The Morgan fingerprint density at radius 3 is 3.00 bits per heavy atom. The van der Waals surface area contributed by atoms with Crippen LogP contribution in [0.4, 0.5) is 5.69 Å². The summed E-state index contributed by atoms with van der Waals surface area (Å²) in [6.45, 7) is 2.41. The first-order valence-electron chi connectivity index (χ1n) is 5.55. The van der Waals surface area contributed by atoms with Gasteiger partial charge in [0, 0.05) is 31.6 Å². The van der Waals surface area contributed by atoms with Gasteiger partial charge in [-0.3, -0.25) is 9.48 Å². The summed E-state index contributed by atoms with van der Waals surface area (Å²) in [6.07, 6.45) is 5.44. The summed E-state index contributed by atoms with van der Waals surface area (Å²) in [4.78, 5) is 15.7. The predicted octanol–water partition coefficient (Wildman–Crippen LogP) is 2.27. The summed E-state index contributed by atoms with van der Waals surface area (Å²) in [5, 5.41) is 7.10. The second-order valence-electron chi connectivity index (χ2n) is 3.86. The maximum absolute atomic E-state index is 11.8. The van der Waals surface area contributed by atoms with Gasteiger partial charge in [-0.15, -0.1) is 0 Å². The van der Waals surface area contributed by atoms with Gasteiger partial charge in [0.1, 0.15) is 0 Å². The van der Waals surface area contributed by atoms with E-state index in [4.69, 9.17) is 11.6 Å². The molecule has 0 aliphatic carbocycles. The molecule has 1 amide bonds. The average Bonchev–Trinajstić information content (AvgIpc) is 2.84. The Hall–Kier alpha value is -1.88. The second kappa shape index (κ2) is 5.64. The van der Waals surface area contributed by atoms with Crippen molar-refractivity contribution in [2.45, 2.75) is 19.9 Å². The van der Waals surface area contributed by atoms with Gasteiger partial charge in [0.2, 0.25) is 5.91 Å². The molecule has 0 spiro atoms. The summed E-state index contributed by atoms with van der Waals surface area (Å²) in [7, 11) is 0. The number of aryl methyl sites for hydroxylation is 2. The number of anilines is 1. The first kappa shape index (κ1) is 12.6. The number of pyridine rings is 1. The van der Waals surface area contributed by atoms with E-state index >= 15 is 0 Å². The van der Waals surface area contributed by atoms with E-state index < -0.39 is 0 Å². The molecule has 94 valence electrons. The molecule has 0 radical (unpaired) electrons. The van der Waals surface area contributed by atoms with Gasteiger partial charge in [-0.2, -0.15) is 5.10 Å². The Balaban J connectivity index is 1.95. The van der Waals surface area contributed by atoms with E-state index in [1.807, 2.05) is 19.2 Å². The van der Waals surface area contributed by atoms with E-state index in [2.05, 4.69) is 15.4 Å². The minimum atomic E-state index is -0.108. The zero-order chi connectivity index (χ0) is 13.0. The van der Waals surface area contributed by atoms with E-state index in [-0.39, 0.29) is 5.91 Å². The molecular formula is C12H13ClN4O. The molecule has 2 rings (SSSR count). The van der Waals surface area contributed by atoms with Gasteiger partial charge in [-0.25, -0.2) is 4.98 Å². The van der Waals surface area contributed by atoms with Crippen molar-refractivity contribution in [1.29, 1.82) is 0 Å². The number of nitrogens with zero attached hydrogens (tertiary/aromatic N) is 3. The summed E-state index contributed by atoms with van der Waals surface area (Å²) in [5.41, 5.74) is 1.46. The Bertz CT molecular complexity index is 519. The highest BCUT2D eigenvalue weighted by Crippen LogP contribution is 2.22. The van der Waals surface area contributed by atoms with Crippen LogP contribution in [-0.2, 0) is 11.3 Å². The molecule has 0 aliphatic heterocycles. The van der Waals surface area contributed by atoms with Crippen molar-refractivity contribution in [2.75, 3.05) is 5.32 Å². The first-order chi connectivity index (χ1) is 8.66. The van der Waals surface area contributed by atoms with Crippen molar-refractivity contribution in [3.05, 3.63) is 41.4 Å². The van der Waals surface area contributed by atoms with Gasteiger partial charge in [0.25, 0.3) is 0 Å². The van der Waals surface area contributed by atoms with Gasteiger partial charge >= 0.3 is 0 Å². The van der Waals surface area contributed by atoms with E-state index in [0.717, 1.165) is 5.56 Å². The molecule has 0 aliphatic rings. The van der Waals surface area contributed by atoms with Gasteiger partial charge in [-0.1, -0.05) is 11.6 Å². The molecule has 18 heavy (non-hydrogen) atoms. The molecule has 6 heteroatoms. The fraction of sp³-hybridized carbons (Fsp3) is 0.250. The molecule has 5 nitrogen and oxygen atoms in total. The van der Waals surface area contributed by atoms with Crippen LogP contribution in [0.2, 0.25) is 5.15 Å². The highest BCUT2D eigenvalue weighted by atomic mass is 35.5. The van der Waals surface area contributed by atoms with Crippen LogP contribution in [0.3, 0.4) is 0 Å². The summed E-state index contributed by atoms with van der Waals surface area (Å²) < 4.78 is 1.71. The normalized spacial score (nSPS) is 10.3. The zero-order valence-electron chi connectivity index (χ0n) is 9.93. The Kier molecular flexibility index (Phi) is 3.94. The fourth-order valence-electron chi connectivity index (χ4n) is 1.53. The molecule has 2 heterocycles. The molecular weight excluding hydrogens is 252 g/mol. The van der Waals surface area contributed by atoms with Crippen LogP contribution in [0.5, 0.6) is 0 Å². The maximum Gasteiger partial charge on any atom is 0.226 e. The standard InChI is InChI=1S/C12H13ClN4O/c1-9-3-6-14-12(13)11(9)16-10(18)4-8-17-7-2-5-15-17/h2-3,5-7H,4,8H2,1H3,(H,16,18). The lowest BCUT2D eigenvalue weighted by atomic mass is 10.2. The number of carbonyl (C=O) groups is 1. The van der Waals surface area contributed by atoms with Crippen LogP contribution in [0, 0.1) is 6.92 Å². The van der Waals surface area contributed by atoms with Gasteiger partial charge in [0.15, 0.2) is 5.15 Å². The van der Waals surface area contributed by atoms with E-state index in [9.17, 15) is 4.79 Å². The topological polar surface area (TPSA) is 59.8 Å². The lowest BCUT2D eigenvalue weighted by Crippen LogP contribution is -2.16. The third-order valence-electron chi connectivity index (χ3n) is 2.50.